The number of hydrogen-bond acceptors (Lipinski definition) is 3. The maximum absolute atomic E-state index is 12.3. The highest BCUT2D eigenvalue weighted by Gasteiger charge is 2.28. The summed E-state index contributed by atoms with van der Waals surface area (Å²) in [5.74, 6) is 0.0773. The molecular formula is C24H27F3N2O. The molecule has 30 heavy (non-hydrogen) atoms. The van der Waals surface area contributed by atoms with Gasteiger partial charge in [0.05, 0.1) is 17.9 Å². The second-order valence-corrected chi connectivity index (χ2v) is 7.27. The lowest BCUT2D eigenvalue weighted by molar-refractivity contribution is -0.153. The maximum Gasteiger partial charge on any atom is 0.422 e. The third kappa shape index (κ3) is 7.10. The summed E-state index contributed by atoms with van der Waals surface area (Å²) in [5, 5.41) is 3.33. The molecule has 1 unspecified atom stereocenters. The van der Waals surface area contributed by atoms with Gasteiger partial charge in [-0.2, -0.15) is 13.2 Å². The van der Waals surface area contributed by atoms with Gasteiger partial charge in [-0.15, -0.1) is 0 Å². The molecule has 0 amide bonds. The summed E-state index contributed by atoms with van der Waals surface area (Å²) in [6.07, 6.45) is -0.991. The third-order valence-corrected chi connectivity index (χ3v) is 4.45. The molecule has 0 aliphatic heterocycles. The van der Waals surface area contributed by atoms with Crippen molar-refractivity contribution in [2.24, 2.45) is 0 Å². The molecule has 0 radical (unpaired) electrons. The summed E-state index contributed by atoms with van der Waals surface area (Å²) < 4.78 is 41.5. The lowest BCUT2D eigenvalue weighted by Gasteiger charge is -2.19. The predicted molar refractivity (Wildman–Crippen MR) is 115 cm³/mol. The monoisotopic (exact) mass is 416 g/mol. The average molecular weight is 416 g/mol. The Labute approximate surface area is 176 Å². The average Bonchev–Trinajstić information content (AvgIpc) is 2.70. The van der Waals surface area contributed by atoms with Crippen molar-refractivity contribution in [3.63, 3.8) is 0 Å². The lowest BCUT2D eigenvalue weighted by atomic mass is 10.00. The first-order valence-corrected chi connectivity index (χ1v) is 9.59. The summed E-state index contributed by atoms with van der Waals surface area (Å²) in [6.45, 7) is 10.8. The van der Waals surface area contributed by atoms with Crippen molar-refractivity contribution in [3.05, 3.63) is 89.4 Å². The normalized spacial score (nSPS) is 12.8. The maximum atomic E-state index is 12.3. The van der Waals surface area contributed by atoms with Crippen LogP contribution in [-0.4, -0.2) is 17.8 Å². The quantitative estimate of drug-likeness (QED) is 0.491. The van der Waals surface area contributed by atoms with Crippen molar-refractivity contribution in [1.29, 1.82) is 0 Å². The Morgan fingerprint density at radius 1 is 1.13 bits per heavy atom. The minimum absolute atomic E-state index is 0.0773. The van der Waals surface area contributed by atoms with E-state index < -0.39 is 12.8 Å². The van der Waals surface area contributed by atoms with Gasteiger partial charge >= 0.3 is 6.18 Å². The van der Waals surface area contributed by atoms with Crippen LogP contribution in [0.4, 0.5) is 13.2 Å². The zero-order chi connectivity index (χ0) is 22.3. The van der Waals surface area contributed by atoms with Crippen LogP contribution in [0.25, 0.3) is 5.57 Å². The van der Waals surface area contributed by atoms with Gasteiger partial charge in [-0.25, -0.2) is 0 Å². The molecule has 0 saturated heterocycles. The number of hydrogen-bond donors (Lipinski definition) is 1. The molecule has 1 atom stereocenters. The Balaban J connectivity index is 2.08. The van der Waals surface area contributed by atoms with Crippen molar-refractivity contribution in [1.82, 2.24) is 10.3 Å². The fourth-order valence-electron chi connectivity index (χ4n) is 2.85. The Hall–Kier alpha value is -3.02. The first kappa shape index (κ1) is 23.3. The molecule has 2 rings (SSSR count). The van der Waals surface area contributed by atoms with Crippen LogP contribution in [0, 0.1) is 0 Å². The van der Waals surface area contributed by atoms with E-state index in [0.29, 0.717) is 5.69 Å². The van der Waals surface area contributed by atoms with Gasteiger partial charge in [-0.05, 0) is 62.6 Å². The van der Waals surface area contributed by atoms with E-state index in [9.17, 15) is 13.2 Å². The second kappa shape index (κ2) is 10.1. The molecule has 1 heterocycles. The van der Waals surface area contributed by atoms with E-state index in [1.807, 2.05) is 39.0 Å². The van der Waals surface area contributed by atoms with Gasteiger partial charge in [0.15, 0.2) is 6.61 Å². The van der Waals surface area contributed by atoms with Gasteiger partial charge in [0.1, 0.15) is 5.75 Å². The topological polar surface area (TPSA) is 34.1 Å². The fraction of sp³-hybridized carbons (Fsp3) is 0.292. The van der Waals surface area contributed by atoms with Crippen LogP contribution < -0.4 is 10.1 Å². The van der Waals surface area contributed by atoms with Crippen molar-refractivity contribution in [2.45, 2.75) is 39.9 Å². The molecule has 160 valence electrons. The number of ether oxygens (including phenoxy) is 1. The highest BCUT2D eigenvalue weighted by molar-refractivity contribution is 5.68. The molecular weight excluding hydrogens is 389 g/mol. The molecule has 1 aromatic heterocycles. The highest BCUT2D eigenvalue weighted by atomic mass is 19.4. The van der Waals surface area contributed by atoms with Crippen molar-refractivity contribution >= 4 is 5.57 Å². The van der Waals surface area contributed by atoms with Gasteiger partial charge in [0.2, 0.25) is 0 Å². The van der Waals surface area contributed by atoms with E-state index in [1.165, 1.54) is 12.3 Å². The molecule has 2 aromatic rings. The number of alkyl halides is 3. The van der Waals surface area contributed by atoms with Gasteiger partial charge < -0.3 is 10.1 Å². The zero-order valence-electron chi connectivity index (χ0n) is 17.7. The minimum Gasteiger partial charge on any atom is -0.483 e. The van der Waals surface area contributed by atoms with Crippen LogP contribution in [0.3, 0.4) is 0 Å². The predicted octanol–water partition coefficient (Wildman–Crippen LogP) is 6.63. The molecule has 1 N–H and O–H groups in total. The summed E-state index contributed by atoms with van der Waals surface area (Å²) in [4.78, 5) is 4.22. The van der Waals surface area contributed by atoms with Crippen LogP contribution in [-0.2, 0) is 0 Å². The number of aromatic nitrogens is 1. The number of nitrogens with zero attached hydrogens (tertiary/aromatic N) is 1. The van der Waals surface area contributed by atoms with Gasteiger partial charge in [0, 0.05) is 5.70 Å². The van der Waals surface area contributed by atoms with E-state index in [1.54, 1.807) is 6.07 Å². The standard InChI is InChI=1S/C24H27F3N2O/c1-16(2)22(13-17(3)20-9-7-6-8-10-20)18(4)29-19(5)23-12-11-21(14-28-23)30-15-24(25,26)27/h6-14,19,29H,4,15H2,1-3,5H3/b17-13+. The number of nitrogens with one attached hydrogen (secondary N) is 1. The van der Waals surface area contributed by atoms with Gasteiger partial charge in [-0.3, -0.25) is 4.98 Å². The van der Waals surface area contributed by atoms with E-state index in [4.69, 9.17) is 4.74 Å². The van der Waals surface area contributed by atoms with Crippen LogP contribution in [0.5, 0.6) is 5.75 Å². The number of benzene rings is 1. The number of halogens is 3. The summed E-state index contributed by atoms with van der Waals surface area (Å²) in [6, 6.07) is 13.0. The SMILES string of the molecule is C=C(NC(C)c1ccc(OCC(F)(F)F)cn1)C(/C=C(\C)c1ccccc1)=C(C)C. The highest BCUT2D eigenvalue weighted by Crippen LogP contribution is 2.24. The zero-order valence-corrected chi connectivity index (χ0v) is 17.7. The Kier molecular flexibility index (Phi) is 7.86. The Bertz CT molecular complexity index is 910. The van der Waals surface area contributed by atoms with Crippen molar-refractivity contribution in [3.8, 4) is 5.75 Å². The molecule has 0 aliphatic rings. The van der Waals surface area contributed by atoms with E-state index >= 15 is 0 Å². The first-order valence-electron chi connectivity index (χ1n) is 9.59. The third-order valence-electron chi connectivity index (χ3n) is 4.45. The molecule has 3 nitrogen and oxygen atoms in total. The Morgan fingerprint density at radius 3 is 2.33 bits per heavy atom. The van der Waals surface area contributed by atoms with Crippen LogP contribution in [0.2, 0.25) is 0 Å². The smallest absolute Gasteiger partial charge is 0.422 e. The van der Waals surface area contributed by atoms with E-state index in [0.717, 1.165) is 28.0 Å². The molecule has 0 saturated carbocycles. The molecule has 0 bridgehead atoms. The minimum atomic E-state index is -4.38. The van der Waals surface area contributed by atoms with Crippen LogP contribution in [0.1, 0.15) is 45.0 Å². The molecule has 0 aliphatic carbocycles. The number of allylic oxidation sites excluding steroid dienone is 3. The largest absolute Gasteiger partial charge is 0.483 e. The summed E-state index contributed by atoms with van der Waals surface area (Å²) >= 11 is 0. The number of pyridine rings is 1. The summed E-state index contributed by atoms with van der Waals surface area (Å²) in [7, 11) is 0. The number of rotatable bonds is 8. The fourth-order valence-corrected chi connectivity index (χ4v) is 2.85. The molecule has 0 fully saturated rings. The van der Waals surface area contributed by atoms with E-state index in [2.05, 4.69) is 42.0 Å². The molecule has 0 spiro atoms. The van der Waals surface area contributed by atoms with Crippen LogP contribution in [0.15, 0.2) is 78.2 Å². The molecule has 1 aromatic carbocycles. The van der Waals surface area contributed by atoms with Gasteiger partial charge in [-0.1, -0.05) is 42.5 Å². The lowest BCUT2D eigenvalue weighted by Crippen LogP contribution is -2.20. The van der Waals surface area contributed by atoms with Crippen LogP contribution >= 0.6 is 0 Å². The summed E-state index contributed by atoms with van der Waals surface area (Å²) in [5.41, 5.74) is 5.77. The molecule has 6 heteroatoms. The van der Waals surface area contributed by atoms with E-state index in [-0.39, 0.29) is 11.8 Å². The van der Waals surface area contributed by atoms with Crippen molar-refractivity contribution < 1.29 is 17.9 Å². The first-order chi connectivity index (χ1) is 14.1. The van der Waals surface area contributed by atoms with Crippen molar-refractivity contribution in [2.75, 3.05) is 6.61 Å². The van der Waals surface area contributed by atoms with Gasteiger partial charge in [0.25, 0.3) is 0 Å². The Morgan fingerprint density at radius 2 is 1.80 bits per heavy atom. The second-order valence-electron chi connectivity index (χ2n) is 7.27.